The molecule has 4 heteroatoms. The molecule has 16 heavy (non-hydrogen) atoms. The van der Waals surface area contributed by atoms with Gasteiger partial charge in [0.1, 0.15) is 0 Å². The summed E-state index contributed by atoms with van der Waals surface area (Å²) >= 11 is 0. The van der Waals surface area contributed by atoms with Crippen LogP contribution in [0.4, 0.5) is 5.69 Å². The van der Waals surface area contributed by atoms with Gasteiger partial charge in [-0.15, -0.1) is 0 Å². The van der Waals surface area contributed by atoms with E-state index in [9.17, 15) is 0 Å². The van der Waals surface area contributed by atoms with Crippen LogP contribution in [0.15, 0.2) is 18.3 Å². The highest BCUT2D eigenvalue weighted by atomic mass is 16.5. The van der Waals surface area contributed by atoms with Crippen LogP contribution >= 0.6 is 0 Å². The van der Waals surface area contributed by atoms with Crippen molar-refractivity contribution in [1.29, 1.82) is 0 Å². The van der Waals surface area contributed by atoms with Crippen LogP contribution in [-0.4, -0.2) is 43.2 Å². The van der Waals surface area contributed by atoms with Crippen molar-refractivity contribution in [2.45, 2.75) is 18.9 Å². The number of nitrogens with zero attached hydrogens (tertiary/aromatic N) is 2. The van der Waals surface area contributed by atoms with Gasteiger partial charge in [-0.05, 0) is 32.5 Å². The topological polar surface area (TPSA) is 37.4 Å². The molecule has 1 aromatic rings. The van der Waals surface area contributed by atoms with Crippen LogP contribution in [0.5, 0.6) is 5.88 Å². The Kier molecular flexibility index (Phi) is 3.62. The fourth-order valence-corrected chi connectivity index (χ4v) is 2.13. The van der Waals surface area contributed by atoms with Gasteiger partial charge in [-0.3, -0.25) is 0 Å². The zero-order chi connectivity index (χ0) is 11.4. The van der Waals surface area contributed by atoms with E-state index < -0.39 is 0 Å². The molecule has 1 aromatic heterocycles. The van der Waals surface area contributed by atoms with Crippen molar-refractivity contribution in [2.24, 2.45) is 0 Å². The number of piperidine rings is 1. The van der Waals surface area contributed by atoms with Crippen LogP contribution in [0.3, 0.4) is 0 Å². The second kappa shape index (κ2) is 5.16. The summed E-state index contributed by atoms with van der Waals surface area (Å²) in [7, 11) is 3.81. The van der Waals surface area contributed by atoms with Crippen LogP contribution in [-0.2, 0) is 0 Å². The molecular weight excluding hydrogens is 202 g/mol. The van der Waals surface area contributed by atoms with Gasteiger partial charge in [0.15, 0.2) is 0 Å². The molecule has 0 aliphatic carbocycles. The lowest BCUT2D eigenvalue weighted by molar-refractivity contribution is 0.261. The molecule has 0 saturated carbocycles. The Balaban J connectivity index is 1.97. The smallest absolute Gasteiger partial charge is 0.214 e. The fourth-order valence-electron chi connectivity index (χ4n) is 2.13. The molecule has 4 nitrogen and oxygen atoms in total. The monoisotopic (exact) mass is 221 g/mol. The lowest BCUT2D eigenvalue weighted by Gasteiger charge is -2.30. The molecule has 0 spiro atoms. The predicted octanol–water partition coefficient (Wildman–Crippen LogP) is 1.60. The van der Waals surface area contributed by atoms with E-state index in [1.54, 1.807) is 13.3 Å². The van der Waals surface area contributed by atoms with E-state index in [-0.39, 0.29) is 0 Å². The number of aromatic nitrogens is 1. The van der Waals surface area contributed by atoms with Crippen LogP contribution in [0, 0.1) is 0 Å². The summed E-state index contributed by atoms with van der Waals surface area (Å²) in [6.07, 6.45) is 4.26. The Morgan fingerprint density at radius 1 is 1.56 bits per heavy atom. The van der Waals surface area contributed by atoms with Crippen molar-refractivity contribution in [1.82, 2.24) is 9.88 Å². The van der Waals surface area contributed by atoms with Crippen molar-refractivity contribution in [3.63, 3.8) is 0 Å². The average Bonchev–Trinajstić information content (AvgIpc) is 2.29. The van der Waals surface area contributed by atoms with Gasteiger partial charge in [0.25, 0.3) is 0 Å². The van der Waals surface area contributed by atoms with Gasteiger partial charge in [-0.25, -0.2) is 4.98 Å². The van der Waals surface area contributed by atoms with E-state index in [0.717, 1.165) is 12.2 Å². The largest absolute Gasteiger partial charge is 0.481 e. The van der Waals surface area contributed by atoms with E-state index in [2.05, 4.69) is 22.2 Å². The normalized spacial score (nSPS) is 21.8. The second-order valence-corrected chi connectivity index (χ2v) is 4.33. The minimum absolute atomic E-state index is 0.533. The highest BCUT2D eigenvalue weighted by Crippen LogP contribution is 2.17. The summed E-state index contributed by atoms with van der Waals surface area (Å²) in [6.45, 7) is 2.31. The van der Waals surface area contributed by atoms with Crippen molar-refractivity contribution in [3.05, 3.63) is 18.3 Å². The lowest BCUT2D eigenvalue weighted by atomic mass is 10.1. The number of ether oxygens (including phenoxy) is 1. The molecule has 1 N–H and O–H groups in total. The van der Waals surface area contributed by atoms with E-state index >= 15 is 0 Å². The molecule has 0 radical (unpaired) electrons. The maximum absolute atomic E-state index is 5.10. The maximum atomic E-state index is 5.10. The van der Waals surface area contributed by atoms with Gasteiger partial charge in [0, 0.05) is 30.5 Å². The first kappa shape index (κ1) is 11.2. The minimum Gasteiger partial charge on any atom is -0.481 e. The highest BCUT2D eigenvalue weighted by molar-refractivity contribution is 5.45. The van der Waals surface area contributed by atoms with Crippen LogP contribution in [0.25, 0.3) is 0 Å². The third kappa shape index (κ3) is 2.85. The number of rotatable bonds is 3. The number of nitrogens with one attached hydrogen (secondary N) is 1. The molecule has 0 aromatic carbocycles. The van der Waals surface area contributed by atoms with Gasteiger partial charge >= 0.3 is 0 Å². The molecule has 1 fully saturated rings. The summed E-state index contributed by atoms with van der Waals surface area (Å²) in [6, 6.07) is 4.46. The minimum atomic E-state index is 0.533. The van der Waals surface area contributed by atoms with E-state index in [4.69, 9.17) is 4.74 Å². The third-order valence-electron chi connectivity index (χ3n) is 2.94. The molecule has 2 heterocycles. The predicted molar refractivity (Wildman–Crippen MR) is 64.9 cm³/mol. The highest BCUT2D eigenvalue weighted by Gasteiger charge is 2.16. The fraction of sp³-hybridized carbons (Fsp3) is 0.583. The maximum Gasteiger partial charge on any atom is 0.214 e. The Morgan fingerprint density at radius 3 is 3.19 bits per heavy atom. The molecule has 1 unspecified atom stereocenters. The van der Waals surface area contributed by atoms with E-state index in [0.29, 0.717) is 11.9 Å². The van der Waals surface area contributed by atoms with E-state index in [1.165, 1.54) is 19.4 Å². The molecule has 0 bridgehead atoms. The number of pyridine rings is 1. The van der Waals surface area contributed by atoms with Gasteiger partial charge in [-0.2, -0.15) is 0 Å². The summed E-state index contributed by atoms with van der Waals surface area (Å²) in [5.41, 5.74) is 1.09. The Bertz CT molecular complexity index is 343. The van der Waals surface area contributed by atoms with Gasteiger partial charge in [-0.1, -0.05) is 0 Å². The number of hydrogen-bond acceptors (Lipinski definition) is 4. The molecule has 2 rings (SSSR count). The zero-order valence-electron chi connectivity index (χ0n) is 9.94. The Labute approximate surface area is 96.6 Å². The Morgan fingerprint density at radius 2 is 2.44 bits per heavy atom. The molecule has 1 saturated heterocycles. The summed E-state index contributed by atoms with van der Waals surface area (Å²) in [5, 5.41) is 3.52. The molecule has 1 aliphatic heterocycles. The first-order chi connectivity index (χ1) is 7.78. The third-order valence-corrected chi connectivity index (χ3v) is 2.94. The summed E-state index contributed by atoms with van der Waals surface area (Å²) < 4.78 is 5.10. The standard InChI is InChI=1S/C12H19N3O/c1-15-7-3-4-11(9-15)14-10-5-6-13-12(8-10)16-2/h5-6,8,11H,3-4,7,9H2,1-2H3,(H,13,14). The quantitative estimate of drug-likeness (QED) is 0.841. The first-order valence-corrected chi connectivity index (χ1v) is 5.73. The van der Waals surface area contributed by atoms with Crippen molar-refractivity contribution in [2.75, 3.05) is 32.6 Å². The molecule has 1 aliphatic rings. The summed E-state index contributed by atoms with van der Waals surface area (Å²) in [5.74, 6) is 0.661. The molecular formula is C12H19N3O. The molecule has 0 amide bonds. The van der Waals surface area contributed by atoms with Gasteiger partial charge in [0.05, 0.1) is 7.11 Å². The Hall–Kier alpha value is -1.29. The number of methoxy groups -OCH3 is 1. The number of anilines is 1. The number of likely N-dealkylation sites (tertiary alicyclic amines) is 1. The van der Waals surface area contributed by atoms with Crippen LogP contribution < -0.4 is 10.1 Å². The lowest BCUT2D eigenvalue weighted by Crippen LogP contribution is -2.39. The second-order valence-electron chi connectivity index (χ2n) is 4.33. The first-order valence-electron chi connectivity index (χ1n) is 5.73. The van der Waals surface area contributed by atoms with Gasteiger partial charge in [0.2, 0.25) is 5.88 Å². The van der Waals surface area contributed by atoms with Gasteiger partial charge < -0.3 is 15.0 Å². The van der Waals surface area contributed by atoms with Crippen molar-refractivity contribution in [3.8, 4) is 5.88 Å². The number of likely N-dealkylation sites (N-methyl/N-ethyl adjacent to an activating group) is 1. The molecule has 1 atom stereocenters. The van der Waals surface area contributed by atoms with Crippen molar-refractivity contribution < 1.29 is 4.74 Å². The number of hydrogen-bond donors (Lipinski definition) is 1. The molecule has 88 valence electrons. The summed E-state index contributed by atoms with van der Waals surface area (Å²) in [4.78, 5) is 6.45. The van der Waals surface area contributed by atoms with Crippen LogP contribution in [0.2, 0.25) is 0 Å². The zero-order valence-corrected chi connectivity index (χ0v) is 9.94. The van der Waals surface area contributed by atoms with Crippen molar-refractivity contribution >= 4 is 5.69 Å². The van der Waals surface area contributed by atoms with E-state index in [1.807, 2.05) is 12.1 Å². The SMILES string of the molecule is COc1cc(NC2CCCN(C)C2)ccn1. The average molecular weight is 221 g/mol. The van der Waals surface area contributed by atoms with Crippen LogP contribution in [0.1, 0.15) is 12.8 Å².